The third-order valence-corrected chi connectivity index (χ3v) is 2.62. The zero-order valence-electron chi connectivity index (χ0n) is 9.88. The van der Waals surface area contributed by atoms with E-state index in [0.29, 0.717) is 22.6 Å². The van der Waals surface area contributed by atoms with Crippen molar-refractivity contribution in [2.75, 3.05) is 0 Å². The van der Waals surface area contributed by atoms with Crippen molar-refractivity contribution < 1.29 is 14.6 Å². The van der Waals surface area contributed by atoms with E-state index in [2.05, 4.69) is 0 Å². The maximum atomic E-state index is 10.9. The summed E-state index contributed by atoms with van der Waals surface area (Å²) in [6.07, 6.45) is 0. The first kappa shape index (κ1) is 12.0. The number of amides is 1. The number of hydrogen-bond donors (Lipinski definition) is 2. The van der Waals surface area contributed by atoms with Crippen LogP contribution in [-0.4, -0.2) is 11.0 Å². The van der Waals surface area contributed by atoms with Crippen LogP contribution < -0.4 is 10.5 Å². The summed E-state index contributed by atoms with van der Waals surface area (Å²) >= 11 is 0. The third-order valence-electron chi connectivity index (χ3n) is 2.62. The molecule has 0 heterocycles. The van der Waals surface area contributed by atoms with E-state index in [1.165, 1.54) is 0 Å². The Hall–Kier alpha value is -2.49. The van der Waals surface area contributed by atoms with Crippen molar-refractivity contribution in [2.45, 2.75) is 6.92 Å². The molecule has 4 nitrogen and oxygen atoms in total. The van der Waals surface area contributed by atoms with Gasteiger partial charge in [-0.1, -0.05) is 6.07 Å². The van der Waals surface area contributed by atoms with Gasteiger partial charge in [-0.2, -0.15) is 0 Å². The zero-order valence-corrected chi connectivity index (χ0v) is 9.88. The molecule has 0 saturated heterocycles. The van der Waals surface area contributed by atoms with E-state index in [9.17, 15) is 9.90 Å². The lowest BCUT2D eigenvalue weighted by Crippen LogP contribution is -2.10. The van der Waals surface area contributed by atoms with E-state index in [1.54, 1.807) is 49.4 Å². The van der Waals surface area contributed by atoms with E-state index >= 15 is 0 Å². The van der Waals surface area contributed by atoms with Crippen LogP contribution in [0.4, 0.5) is 0 Å². The minimum Gasteiger partial charge on any atom is -0.508 e. The van der Waals surface area contributed by atoms with Crippen molar-refractivity contribution >= 4 is 5.91 Å². The summed E-state index contributed by atoms with van der Waals surface area (Å²) in [4.78, 5) is 10.9. The van der Waals surface area contributed by atoms with Gasteiger partial charge in [0.2, 0.25) is 5.91 Å². The summed E-state index contributed by atoms with van der Waals surface area (Å²) in [6, 6.07) is 11.6. The normalized spacial score (nSPS) is 10.1. The van der Waals surface area contributed by atoms with Crippen LogP contribution in [0.25, 0.3) is 0 Å². The van der Waals surface area contributed by atoms with Gasteiger partial charge < -0.3 is 15.6 Å². The maximum absolute atomic E-state index is 10.9. The van der Waals surface area contributed by atoms with Crippen LogP contribution in [0.15, 0.2) is 42.5 Å². The molecule has 4 heteroatoms. The lowest BCUT2D eigenvalue weighted by Gasteiger charge is -2.09. The summed E-state index contributed by atoms with van der Waals surface area (Å²) in [6.45, 7) is 1.77. The zero-order chi connectivity index (χ0) is 13.1. The van der Waals surface area contributed by atoms with Gasteiger partial charge in [0.25, 0.3) is 0 Å². The molecule has 92 valence electrons. The predicted molar refractivity (Wildman–Crippen MR) is 67.9 cm³/mol. The molecule has 0 bridgehead atoms. The van der Waals surface area contributed by atoms with E-state index in [4.69, 9.17) is 10.5 Å². The van der Waals surface area contributed by atoms with E-state index in [1.807, 2.05) is 0 Å². The third kappa shape index (κ3) is 2.43. The molecule has 0 atom stereocenters. The summed E-state index contributed by atoms with van der Waals surface area (Å²) < 4.78 is 5.61. The summed E-state index contributed by atoms with van der Waals surface area (Å²) in [5.74, 6) is 0.854. The number of ether oxygens (including phenoxy) is 1. The molecule has 0 aromatic heterocycles. The number of phenols is 1. The molecular formula is C14H13NO3. The Balaban J connectivity index is 2.24. The molecule has 0 aliphatic carbocycles. The number of nitrogens with two attached hydrogens (primary N) is 1. The first-order chi connectivity index (χ1) is 8.58. The molecule has 0 aliphatic heterocycles. The van der Waals surface area contributed by atoms with Crippen molar-refractivity contribution in [3.05, 3.63) is 53.6 Å². The second kappa shape index (κ2) is 4.79. The summed E-state index contributed by atoms with van der Waals surface area (Å²) in [5, 5.41) is 9.55. The van der Waals surface area contributed by atoms with Crippen molar-refractivity contribution in [3.8, 4) is 17.2 Å². The van der Waals surface area contributed by atoms with Crippen LogP contribution in [0.5, 0.6) is 17.2 Å². The molecule has 2 rings (SSSR count). The quantitative estimate of drug-likeness (QED) is 0.870. The van der Waals surface area contributed by atoms with E-state index in [0.717, 1.165) is 0 Å². The second-order valence-electron chi connectivity index (χ2n) is 3.89. The number of primary amides is 1. The van der Waals surface area contributed by atoms with Gasteiger partial charge in [0, 0.05) is 11.1 Å². The minimum absolute atomic E-state index is 0.182. The lowest BCUT2D eigenvalue weighted by molar-refractivity contribution is 0.100. The second-order valence-corrected chi connectivity index (χ2v) is 3.89. The minimum atomic E-state index is -0.477. The monoisotopic (exact) mass is 243 g/mol. The van der Waals surface area contributed by atoms with E-state index < -0.39 is 5.91 Å². The van der Waals surface area contributed by atoms with Gasteiger partial charge in [-0.3, -0.25) is 4.79 Å². The highest BCUT2D eigenvalue weighted by Crippen LogP contribution is 2.30. The molecule has 0 unspecified atom stereocenters. The van der Waals surface area contributed by atoms with Gasteiger partial charge in [-0.05, 0) is 43.3 Å². The van der Waals surface area contributed by atoms with Crippen LogP contribution in [0.1, 0.15) is 15.9 Å². The highest BCUT2D eigenvalue weighted by Gasteiger charge is 2.06. The van der Waals surface area contributed by atoms with Crippen LogP contribution in [0.3, 0.4) is 0 Å². The van der Waals surface area contributed by atoms with Crippen molar-refractivity contribution in [2.24, 2.45) is 5.73 Å². The van der Waals surface area contributed by atoms with Crippen molar-refractivity contribution in [1.82, 2.24) is 0 Å². The molecule has 1 amide bonds. The van der Waals surface area contributed by atoms with E-state index in [-0.39, 0.29) is 5.75 Å². The molecule has 0 spiro atoms. The van der Waals surface area contributed by atoms with Gasteiger partial charge in [0.05, 0.1) is 0 Å². The predicted octanol–water partition coefficient (Wildman–Crippen LogP) is 2.59. The molecular weight excluding hydrogens is 230 g/mol. The average molecular weight is 243 g/mol. The Bertz CT molecular complexity index is 576. The van der Waals surface area contributed by atoms with Gasteiger partial charge in [0.15, 0.2) is 0 Å². The number of benzene rings is 2. The SMILES string of the molecule is Cc1c(O)cccc1Oc1ccc(C(N)=O)cc1. The van der Waals surface area contributed by atoms with Crippen molar-refractivity contribution in [3.63, 3.8) is 0 Å². The summed E-state index contributed by atoms with van der Waals surface area (Å²) in [5.41, 5.74) is 6.24. The van der Waals surface area contributed by atoms with Crippen LogP contribution in [-0.2, 0) is 0 Å². The molecule has 0 saturated carbocycles. The van der Waals surface area contributed by atoms with Gasteiger partial charge in [0.1, 0.15) is 17.2 Å². The van der Waals surface area contributed by atoms with Gasteiger partial charge >= 0.3 is 0 Å². The Labute approximate surface area is 105 Å². The number of aromatic hydroxyl groups is 1. The average Bonchev–Trinajstić information content (AvgIpc) is 2.36. The summed E-state index contributed by atoms with van der Waals surface area (Å²) in [7, 11) is 0. The lowest BCUT2D eigenvalue weighted by atomic mass is 10.2. The molecule has 3 N–H and O–H groups in total. The first-order valence-electron chi connectivity index (χ1n) is 5.44. The number of hydrogen-bond acceptors (Lipinski definition) is 3. The molecule has 2 aromatic rings. The Morgan fingerprint density at radius 3 is 2.44 bits per heavy atom. The fourth-order valence-corrected chi connectivity index (χ4v) is 1.53. The largest absolute Gasteiger partial charge is 0.508 e. The molecule has 0 radical (unpaired) electrons. The van der Waals surface area contributed by atoms with Crippen LogP contribution in [0, 0.1) is 6.92 Å². The maximum Gasteiger partial charge on any atom is 0.248 e. The van der Waals surface area contributed by atoms with Crippen LogP contribution in [0.2, 0.25) is 0 Å². The molecule has 18 heavy (non-hydrogen) atoms. The molecule has 0 aliphatic rings. The fourth-order valence-electron chi connectivity index (χ4n) is 1.53. The Morgan fingerprint density at radius 2 is 1.83 bits per heavy atom. The highest BCUT2D eigenvalue weighted by atomic mass is 16.5. The standard InChI is InChI=1S/C14H13NO3/c1-9-12(16)3-2-4-13(9)18-11-7-5-10(6-8-11)14(15)17/h2-8,16H,1H3,(H2,15,17). The van der Waals surface area contributed by atoms with Crippen LogP contribution >= 0.6 is 0 Å². The topological polar surface area (TPSA) is 72.6 Å². The number of carbonyl (C=O) groups is 1. The van der Waals surface area contributed by atoms with Gasteiger partial charge in [-0.15, -0.1) is 0 Å². The van der Waals surface area contributed by atoms with Gasteiger partial charge in [-0.25, -0.2) is 0 Å². The highest BCUT2D eigenvalue weighted by molar-refractivity contribution is 5.92. The first-order valence-corrected chi connectivity index (χ1v) is 5.44. The molecule has 2 aromatic carbocycles. The smallest absolute Gasteiger partial charge is 0.248 e. The number of rotatable bonds is 3. The fraction of sp³-hybridized carbons (Fsp3) is 0.0714. The Kier molecular flexibility index (Phi) is 3.19. The van der Waals surface area contributed by atoms with Crippen molar-refractivity contribution in [1.29, 1.82) is 0 Å². The number of carbonyl (C=O) groups excluding carboxylic acids is 1. The number of phenolic OH excluding ortho intramolecular Hbond substituents is 1. The Morgan fingerprint density at radius 1 is 1.17 bits per heavy atom. The molecule has 0 fully saturated rings.